The van der Waals surface area contributed by atoms with Gasteiger partial charge >= 0.3 is 0 Å². The topological polar surface area (TPSA) is 33.6 Å². The van der Waals surface area contributed by atoms with Crippen molar-refractivity contribution in [1.82, 2.24) is 9.13 Å². The van der Waals surface area contributed by atoms with Crippen LogP contribution < -0.4 is 0 Å². The van der Waals surface area contributed by atoms with E-state index in [-0.39, 0.29) is 0 Å². The molecule has 0 saturated heterocycles. The van der Waals surface area contributed by atoms with Crippen molar-refractivity contribution >= 4 is 21.9 Å². The van der Waals surface area contributed by atoms with Gasteiger partial charge in [-0.25, -0.2) is 0 Å². The van der Waals surface area contributed by atoms with E-state index >= 15 is 0 Å². The Kier molecular flexibility index (Phi) is 3.82. The molecule has 0 amide bonds. The zero-order chi connectivity index (χ0) is 17.4. The van der Waals surface area contributed by atoms with E-state index < -0.39 is 0 Å². The van der Waals surface area contributed by atoms with Crippen LogP contribution in [0.1, 0.15) is 31.0 Å². The minimum atomic E-state index is 0.823. The summed E-state index contributed by atoms with van der Waals surface area (Å²) in [5, 5.41) is 12.2. The van der Waals surface area contributed by atoms with Gasteiger partial charge in [-0.05, 0) is 31.0 Å². The maximum absolute atomic E-state index is 9.97. The molecule has 0 aliphatic carbocycles. The third kappa shape index (κ3) is 2.26. The van der Waals surface area contributed by atoms with Crippen molar-refractivity contribution in [2.75, 3.05) is 0 Å². The number of nitriles is 1. The van der Waals surface area contributed by atoms with Crippen molar-refractivity contribution in [3.05, 3.63) is 65.9 Å². The highest BCUT2D eigenvalue weighted by Crippen LogP contribution is 2.37. The number of aromatic nitrogens is 2. The number of rotatable bonds is 4. The van der Waals surface area contributed by atoms with Crippen LogP contribution in [-0.2, 0) is 13.5 Å². The van der Waals surface area contributed by atoms with Crippen LogP contribution in [0.2, 0.25) is 0 Å². The van der Waals surface area contributed by atoms with E-state index in [4.69, 9.17) is 0 Å². The molecule has 25 heavy (non-hydrogen) atoms. The van der Waals surface area contributed by atoms with E-state index in [0.717, 1.165) is 58.1 Å². The number of hydrogen-bond acceptors (Lipinski definition) is 1. The molecular weight excluding hydrogens is 306 g/mol. The largest absolute Gasteiger partial charge is 0.329 e. The molecule has 0 aliphatic heterocycles. The molecule has 0 radical (unpaired) electrons. The minimum Gasteiger partial charge on any atom is -0.329 e. The zero-order valence-corrected chi connectivity index (χ0v) is 14.7. The summed E-state index contributed by atoms with van der Waals surface area (Å²) >= 11 is 0. The van der Waals surface area contributed by atoms with Crippen LogP contribution in [0.25, 0.3) is 27.6 Å². The van der Waals surface area contributed by atoms with Crippen molar-refractivity contribution in [2.24, 2.45) is 7.05 Å². The number of hydrogen-bond donors (Lipinski definition) is 0. The fourth-order valence-electron chi connectivity index (χ4n) is 3.83. The molecule has 0 aliphatic rings. The molecule has 3 heteroatoms. The fraction of sp³-hybridized carbons (Fsp3) is 0.227. The van der Waals surface area contributed by atoms with Crippen molar-refractivity contribution in [1.29, 1.82) is 5.26 Å². The van der Waals surface area contributed by atoms with E-state index in [1.165, 1.54) is 0 Å². The van der Waals surface area contributed by atoms with Crippen molar-refractivity contribution in [2.45, 2.75) is 26.2 Å². The molecule has 0 bridgehead atoms. The average molecular weight is 327 g/mol. The predicted octanol–water partition coefficient (Wildman–Crippen LogP) is 5.34. The first kappa shape index (κ1) is 15.5. The lowest BCUT2D eigenvalue weighted by Crippen LogP contribution is -2.04. The molecule has 124 valence electrons. The molecule has 3 nitrogen and oxygen atoms in total. The maximum Gasteiger partial charge on any atom is 0.127 e. The van der Waals surface area contributed by atoms with Gasteiger partial charge in [0.15, 0.2) is 0 Å². The van der Waals surface area contributed by atoms with Gasteiger partial charge < -0.3 is 4.57 Å². The summed E-state index contributed by atoms with van der Waals surface area (Å²) in [5.41, 5.74) is 5.34. The summed E-state index contributed by atoms with van der Waals surface area (Å²) in [7, 11) is 2.09. The van der Waals surface area contributed by atoms with Gasteiger partial charge in [0.1, 0.15) is 11.7 Å². The summed E-state index contributed by atoms with van der Waals surface area (Å²) in [5.74, 6) is 0. The molecule has 0 N–H and O–H groups in total. The van der Waals surface area contributed by atoms with E-state index in [2.05, 4.69) is 77.7 Å². The first-order valence-electron chi connectivity index (χ1n) is 8.84. The van der Waals surface area contributed by atoms with Gasteiger partial charge in [-0.1, -0.05) is 49.7 Å². The molecule has 4 aromatic rings. The Bertz CT molecular complexity index is 1090. The zero-order valence-electron chi connectivity index (χ0n) is 14.7. The van der Waals surface area contributed by atoms with Crippen LogP contribution in [0, 0.1) is 11.3 Å². The van der Waals surface area contributed by atoms with Crippen LogP contribution in [0.4, 0.5) is 0 Å². The average Bonchev–Trinajstić information content (AvgIpc) is 3.14. The number of fused-ring (bicyclic) bond motifs is 3. The van der Waals surface area contributed by atoms with E-state index in [0.29, 0.717) is 0 Å². The molecule has 0 atom stereocenters. The second kappa shape index (κ2) is 6.14. The van der Waals surface area contributed by atoms with Gasteiger partial charge in [0.05, 0.1) is 11.1 Å². The Morgan fingerprint density at radius 2 is 1.72 bits per heavy atom. The highest BCUT2D eigenvalue weighted by atomic mass is 15.1. The van der Waals surface area contributed by atoms with Gasteiger partial charge in [-0.3, -0.25) is 4.57 Å². The second-order valence-electron chi connectivity index (χ2n) is 6.48. The quantitative estimate of drug-likeness (QED) is 0.498. The Hall–Kier alpha value is -2.99. The summed E-state index contributed by atoms with van der Waals surface area (Å²) < 4.78 is 4.50. The first-order chi connectivity index (χ1) is 12.3. The smallest absolute Gasteiger partial charge is 0.127 e. The highest BCUT2D eigenvalue weighted by Gasteiger charge is 2.23. The Morgan fingerprint density at radius 3 is 2.44 bits per heavy atom. The summed E-state index contributed by atoms with van der Waals surface area (Å²) in [6.45, 7) is 2.19. The predicted molar refractivity (Wildman–Crippen MR) is 103 cm³/mol. The summed E-state index contributed by atoms with van der Waals surface area (Å²) in [6.07, 6.45) is 3.11. The van der Waals surface area contributed by atoms with Crippen LogP contribution in [0.3, 0.4) is 0 Å². The van der Waals surface area contributed by atoms with Gasteiger partial charge in [-0.2, -0.15) is 5.26 Å². The molecule has 2 heterocycles. The lowest BCUT2D eigenvalue weighted by molar-refractivity contribution is 0.758. The Morgan fingerprint density at radius 1 is 1.00 bits per heavy atom. The Labute approximate surface area is 147 Å². The third-order valence-electron chi connectivity index (χ3n) is 4.99. The van der Waals surface area contributed by atoms with Crippen LogP contribution in [-0.4, -0.2) is 9.13 Å². The molecule has 0 saturated carbocycles. The molecule has 4 rings (SSSR count). The first-order valence-corrected chi connectivity index (χ1v) is 8.84. The van der Waals surface area contributed by atoms with Gasteiger partial charge in [0, 0.05) is 29.2 Å². The molecule has 2 aromatic heterocycles. The second-order valence-corrected chi connectivity index (χ2v) is 6.48. The van der Waals surface area contributed by atoms with E-state index in [1.807, 2.05) is 6.07 Å². The molecule has 0 fully saturated rings. The highest BCUT2D eigenvalue weighted by molar-refractivity contribution is 6.11. The lowest BCUT2D eigenvalue weighted by atomic mass is 10.1. The molecule has 0 unspecified atom stereocenters. The monoisotopic (exact) mass is 327 g/mol. The maximum atomic E-state index is 9.97. The number of nitrogens with zero attached hydrogens (tertiary/aromatic N) is 3. The number of benzene rings is 2. The van der Waals surface area contributed by atoms with Crippen LogP contribution in [0.5, 0.6) is 0 Å². The molecule has 2 aromatic carbocycles. The van der Waals surface area contributed by atoms with Gasteiger partial charge in [0.2, 0.25) is 0 Å². The van der Waals surface area contributed by atoms with Crippen molar-refractivity contribution < 1.29 is 0 Å². The summed E-state index contributed by atoms with van der Waals surface area (Å²) in [6, 6.07) is 21.2. The van der Waals surface area contributed by atoms with Gasteiger partial charge in [-0.15, -0.1) is 0 Å². The van der Waals surface area contributed by atoms with Crippen LogP contribution in [0.15, 0.2) is 54.6 Å². The van der Waals surface area contributed by atoms with Gasteiger partial charge in [0.25, 0.3) is 0 Å². The molecular formula is C22H21N3. The lowest BCUT2D eigenvalue weighted by Gasteiger charge is -2.12. The molecule has 0 spiro atoms. The third-order valence-corrected chi connectivity index (χ3v) is 4.99. The minimum absolute atomic E-state index is 0.823. The normalized spacial score (nSPS) is 11.2. The van der Waals surface area contributed by atoms with Crippen LogP contribution >= 0.6 is 0 Å². The van der Waals surface area contributed by atoms with E-state index in [9.17, 15) is 5.26 Å². The number of aryl methyl sites for hydroxylation is 1. The number of unbranched alkanes of at least 4 members (excludes halogenated alkanes) is 1. The fourth-order valence-corrected chi connectivity index (χ4v) is 3.83. The van der Waals surface area contributed by atoms with Crippen molar-refractivity contribution in [3.8, 4) is 11.8 Å². The van der Waals surface area contributed by atoms with E-state index in [1.54, 1.807) is 0 Å². The summed E-state index contributed by atoms with van der Waals surface area (Å²) in [4.78, 5) is 0. The SMILES string of the molecule is CCCCc1c(C#N)c2c3ccccc3n(C)c2n1-c1ccccc1. The Balaban J connectivity index is 2.18. The van der Waals surface area contributed by atoms with Crippen molar-refractivity contribution in [3.63, 3.8) is 0 Å². The number of para-hydroxylation sites is 2. The standard InChI is InChI=1S/C22H21N3/c1-3-4-13-20-18(15-23)21-17-12-8-9-14-19(17)24(2)22(21)25(20)16-10-6-5-7-11-16/h5-12,14H,3-4,13H2,1-2H3.